The molecule has 0 N–H and O–H groups in total. The van der Waals surface area contributed by atoms with Gasteiger partial charge in [0.1, 0.15) is 0 Å². The second-order valence-electron chi connectivity index (χ2n) is 6.45. The molecule has 3 rings (SSSR count). The minimum absolute atomic E-state index is 0.494. The maximum atomic E-state index is 4.68. The van der Waals surface area contributed by atoms with E-state index < -0.39 is 0 Å². The van der Waals surface area contributed by atoms with Crippen molar-refractivity contribution in [2.24, 2.45) is 5.41 Å². The van der Waals surface area contributed by atoms with Crippen molar-refractivity contribution in [3.8, 4) is 0 Å². The highest BCUT2D eigenvalue weighted by Gasteiger charge is 2.33. The zero-order valence-electron chi connectivity index (χ0n) is 11.8. The van der Waals surface area contributed by atoms with Crippen molar-refractivity contribution in [3.63, 3.8) is 0 Å². The van der Waals surface area contributed by atoms with Crippen LogP contribution in [0.15, 0.2) is 24.3 Å². The molecule has 2 aliphatic rings. The molecular weight excluding hydrogens is 250 g/mol. The molecule has 1 aliphatic heterocycles. The molecule has 1 aromatic carbocycles. The third-order valence-corrected chi connectivity index (χ3v) is 5.69. The number of thiol groups is 1. The maximum Gasteiger partial charge on any atom is 0.0236 e. The lowest BCUT2D eigenvalue weighted by Crippen LogP contribution is -2.42. The first-order valence-corrected chi connectivity index (χ1v) is 8.35. The SMILES string of the molecule is SCC1(CN2CCc3ccccc3C2)CCCCC1. The summed E-state index contributed by atoms with van der Waals surface area (Å²) in [7, 11) is 0. The minimum atomic E-state index is 0.494. The summed E-state index contributed by atoms with van der Waals surface area (Å²) in [5, 5.41) is 0. The fourth-order valence-corrected chi connectivity index (χ4v) is 4.25. The largest absolute Gasteiger partial charge is 0.298 e. The van der Waals surface area contributed by atoms with E-state index in [9.17, 15) is 0 Å². The normalized spacial score (nSPS) is 23.0. The average Bonchev–Trinajstić information content (AvgIpc) is 2.48. The topological polar surface area (TPSA) is 3.24 Å². The monoisotopic (exact) mass is 275 g/mol. The number of benzene rings is 1. The standard InChI is InChI=1S/C17H25NS/c19-14-17(9-4-1-5-10-17)13-18-11-8-15-6-2-3-7-16(15)12-18/h2-3,6-7,19H,1,4-5,8-14H2. The van der Waals surface area contributed by atoms with Crippen molar-refractivity contribution in [3.05, 3.63) is 35.4 Å². The van der Waals surface area contributed by atoms with Gasteiger partial charge in [-0.25, -0.2) is 0 Å². The molecule has 19 heavy (non-hydrogen) atoms. The Bertz CT molecular complexity index is 423. The predicted molar refractivity (Wildman–Crippen MR) is 84.8 cm³/mol. The Labute approximate surface area is 122 Å². The van der Waals surface area contributed by atoms with E-state index in [0.29, 0.717) is 5.41 Å². The van der Waals surface area contributed by atoms with Crippen LogP contribution >= 0.6 is 12.6 Å². The molecule has 2 heteroatoms. The summed E-state index contributed by atoms with van der Waals surface area (Å²) in [6.45, 7) is 3.63. The van der Waals surface area contributed by atoms with Gasteiger partial charge in [0.05, 0.1) is 0 Å². The Morgan fingerprint density at radius 1 is 1.05 bits per heavy atom. The van der Waals surface area contributed by atoms with Crippen LogP contribution in [0.3, 0.4) is 0 Å². The van der Waals surface area contributed by atoms with Crippen LogP contribution in [0, 0.1) is 5.41 Å². The van der Waals surface area contributed by atoms with Gasteiger partial charge in [0.25, 0.3) is 0 Å². The molecule has 0 amide bonds. The van der Waals surface area contributed by atoms with Crippen molar-refractivity contribution in [2.75, 3.05) is 18.8 Å². The van der Waals surface area contributed by atoms with Crippen molar-refractivity contribution in [2.45, 2.75) is 45.1 Å². The van der Waals surface area contributed by atoms with Gasteiger partial charge in [-0.05, 0) is 41.6 Å². The highest BCUT2D eigenvalue weighted by Crippen LogP contribution is 2.38. The molecule has 104 valence electrons. The van der Waals surface area contributed by atoms with Gasteiger partial charge in [-0.1, -0.05) is 43.5 Å². The molecule has 0 saturated heterocycles. The molecule has 0 aromatic heterocycles. The number of nitrogens with zero attached hydrogens (tertiary/aromatic N) is 1. The zero-order valence-corrected chi connectivity index (χ0v) is 12.7. The van der Waals surface area contributed by atoms with Gasteiger partial charge < -0.3 is 0 Å². The van der Waals surface area contributed by atoms with E-state index in [4.69, 9.17) is 0 Å². The first-order valence-electron chi connectivity index (χ1n) is 7.71. The molecule has 1 saturated carbocycles. The van der Waals surface area contributed by atoms with Gasteiger partial charge >= 0.3 is 0 Å². The Kier molecular flexibility index (Phi) is 4.18. The fourth-order valence-electron chi connectivity index (χ4n) is 3.83. The second kappa shape index (κ2) is 5.88. The van der Waals surface area contributed by atoms with Gasteiger partial charge in [-0.3, -0.25) is 4.90 Å². The van der Waals surface area contributed by atoms with E-state index in [1.165, 1.54) is 51.6 Å². The molecule has 0 radical (unpaired) electrons. The summed E-state index contributed by atoms with van der Waals surface area (Å²) < 4.78 is 0. The molecule has 0 bridgehead atoms. The van der Waals surface area contributed by atoms with Crippen molar-refractivity contribution in [1.82, 2.24) is 4.90 Å². The summed E-state index contributed by atoms with van der Waals surface area (Å²) in [6, 6.07) is 8.94. The van der Waals surface area contributed by atoms with Crippen LogP contribution in [0.1, 0.15) is 43.2 Å². The zero-order chi connectivity index (χ0) is 13.1. The van der Waals surface area contributed by atoms with Crippen molar-refractivity contribution in [1.29, 1.82) is 0 Å². The summed E-state index contributed by atoms with van der Waals surface area (Å²) in [6.07, 6.45) is 8.23. The Balaban J connectivity index is 1.68. The van der Waals surface area contributed by atoms with Crippen molar-refractivity contribution >= 4 is 12.6 Å². The Morgan fingerprint density at radius 2 is 1.79 bits per heavy atom. The molecule has 1 heterocycles. The summed E-state index contributed by atoms with van der Waals surface area (Å²) in [4.78, 5) is 2.67. The minimum Gasteiger partial charge on any atom is -0.298 e. The number of hydrogen-bond acceptors (Lipinski definition) is 2. The van der Waals surface area contributed by atoms with Gasteiger partial charge in [0, 0.05) is 19.6 Å². The molecule has 0 unspecified atom stereocenters. The van der Waals surface area contributed by atoms with Crippen LogP contribution in [0.2, 0.25) is 0 Å². The van der Waals surface area contributed by atoms with E-state index in [1.54, 1.807) is 11.1 Å². The molecule has 1 aromatic rings. The van der Waals surface area contributed by atoms with Gasteiger partial charge in [-0.2, -0.15) is 12.6 Å². The quantitative estimate of drug-likeness (QED) is 0.818. The van der Waals surface area contributed by atoms with E-state index in [-0.39, 0.29) is 0 Å². The van der Waals surface area contributed by atoms with Crippen LogP contribution in [0.5, 0.6) is 0 Å². The van der Waals surface area contributed by atoms with Gasteiger partial charge in [-0.15, -0.1) is 0 Å². The fraction of sp³-hybridized carbons (Fsp3) is 0.647. The lowest BCUT2D eigenvalue weighted by atomic mass is 9.75. The lowest BCUT2D eigenvalue weighted by Gasteiger charge is -2.41. The smallest absolute Gasteiger partial charge is 0.0236 e. The molecule has 1 aliphatic carbocycles. The highest BCUT2D eigenvalue weighted by atomic mass is 32.1. The van der Waals surface area contributed by atoms with Gasteiger partial charge in [0.15, 0.2) is 0 Å². The maximum absolute atomic E-state index is 4.68. The van der Waals surface area contributed by atoms with Crippen LogP contribution in [-0.2, 0) is 13.0 Å². The summed E-state index contributed by atoms with van der Waals surface area (Å²) >= 11 is 4.68. The van der Waals surface area contributed by atoms with E-state index in [1.807, 2.05) is 0 Å². The van der Waals surface area contributed by atoms with E-state index in [0.717, 1.165) is 12.3 Å². The van der Waals surface area contributed by atoms with Crippen LogP contribution in [0.4, 0.5) is 0 Å². The van der Waals surface area contributed by atoms with Crippen LogP contribution in [-0.4, -0.2) is 23.7 Å². The Morgan fingerprint density at radius 3 is 2.53 bits per heavy atom. The number of rotatable bonds is 3. The first-order chi connectivity index (χ1) is 9.31. The third-order valence-electron chi connectivity index (χ3n) is 5.02. The lowest BCUT2D eigenvalue weighted by molar-refractivity contribution is 0.116. The summed E-state index contributed by atoms with van der Waals surface area (Å²) in [5.41, 5.74) is 3.59. The Hall–Kier alpha value is -0.470. The van der Waals surface area contributed by atoms with Crippen molar-refractivity contribution < 1.29 is 0 Å². The predicted octanol–water partition coefficient (Wildman–Crippen LogP) is 3.93. The van der Waals surface area contributed by atoms with E-state index in [2.05, 4.69) is 41.8 Å². The van der Waals surface area contributed by atoms with Crippen LogP contribution in [0.25, 0.3) is 0 Å². The molecule has 0 atom stereocenters. The highest BCUT2D eigenvalue weighted by molar-refractivity contribution is 7.80. The first kappa shape index (κ1) is 13.5. The second-order valence-corrected chi connectivity index (χ2v) is 6.76. The third kappa shape index (κ3) is 3.00. The number of fused-ring (bicyclic) bond motifs is 1. The van der Waals surface area contributed by atoms with E-state index >= 15 is 0 Å². The van der Waals surface area contributed by atoms with Crippen LogP contribution < -0.4 is 0 Å². The molecule has 1 fully saturated rings. The molecule has 1 nitrogen and oxygen atoms in total. The molecule has 0 spiro atoms. The average molecular weight is 275 g/mol. The molecular formula is C17H25NS. The summed E-state index contributed by atoms with van der Waals surface area (Å²) in [5.74, 6) is 1.06. The number of hydrogen-bond donors (Lipinski definition) is 1. The van der Waals surface area contributed by atoms with Gasteiger partial charge in [0.2, 0.25) is 0 Å².